The van der Waals surface area contributed by atoms with Crippen molar-refractivity contribution in [3.8, 4) is 0 Å². The van der Waals surface area contributed by atoms with Crippen LogP contribution in [0.3, 0.4) is 0 Å². The van der Waals surface area contributed by atoms with E-state index in [4.69, 9.17) is 23.2 Å². The Balaban J connectivity index is 1.58. The van der Waals surface area contributed by atoms with Crippen LogP contribution in [0.25, 0.3) is 0 Å². The predicted molar refractivity (Wildman–Crippen MR) is 102 cm³/mol. The van der Waals surface area contributed by atoms with Crippen LogP contribution in [-0.2, 0) is 11.2 Å². The molecule has 1 atom stereocenters. The Kier molecular flexibility index (Phi) is 4.51. The number of fused-ring (bicyclic) bond motifs is 3. The topological polar surface area (TPSA) is 52.7 Å². The van der Waals surface area contributed by atoms with Crippen molar-refractivity contribution in [3.05, 3.63) is 63.6 Å². The summed E-state index contributed by atoms with van der Waals surface area (Å²) in [4.78, 5) is 28.7. The molecule has 4 rings (SSSR count). The Morgan fingerprint density at radius 3 is 2.77 bits per heavy atom. The fraction of sp³-hybridized carbons (Fsp3) is 0.263. The van der Waals surface area contributed by atoms with E-state index in [-0.39, 0.29) is 24.5 Å². The molecule has 0 bridgehead atoms. The maximum atomic E-state index is 12.7. The van der Waals surface area contributed by atoms with E-state index < -0.39 is 0 Å². The van der Waals surface area contributed by atoms with Gasteiger partial charge in [-0.3, -0.25) is 4.79 Å². The number of carbonyl (C=O) groups is 2. The average molecular weight is 390 g/mol. The molecule has 0 radical (unpaired) electrons. The minimum absolute atomic E-state index is 0.0545. The standard InChI is InChI=1S/C19H17Cl2N3O2/c20-13-6-5-12-7-8-24-17(14(12)9-13)10-23(11-18(24)25)19(26)22-16-4-2-1-3-15(16)21/h1-6,9,17H,7-8,10-11H2,(H,22,26). The first kappa shape index (κ1) is 17.2. The number of halogens is 2. The van der Waals surface area contributed by atoms with Gasteiger partial charge in [0.05, 0.1) is 16.8 Å². The first-order valence-electron chi connectivity index (χ1n) is 8.41. The Bertz CT molecular complexity index is 887. The number of hydrogen-bond acceptors (Lipinski definition) is 2. The van der Waals surface area contributed by atoms with Gasteiger partial charge in [-0.15, -0.1) is 0 Å². The minimum atomic E-state index is -0.333. The molecular formula is C19H17Cl2N3O2. The Morgan fingerprint density at radius 1 is 1.15 bits per heavy atom. The fourth-order valence-corrected chi connectivity index (χ4v) is 3.97. The smallest absolute Gasteiger partial charge is 0.322 e. The van der Waals surface area contributed by atoms with E-state index in [9.17, 15) is 9.59 Å². The molecule has 134 valence electrons. The fourth-order valence-electron chi connectivity index (χ4n) is 3.60. The molecule has 26 heavy (non-hydrogen) atoms. The van der Waals surface area contributed by atoms with Gasteiger partial charge < -0.3 is 15.1 Å². The maximum absolute atomic E-state index is 12.7. The van der Waals surface area contributed by atoms with Crippen LogP contribution in [-0.4, -0.2) is 41.4 Å². The van der Waals surface area contributed by atoms with Crippen LogP contribution in [0.1, 0.15) is 17.2 Å². The molecule has 0 saturated carbocycles. The Hall–Kier alpha value is -2.24. The van der Waals surface area contributed by atoms with Crippen LogP contribution >= 0.6 is 23.2 Å². The minimum Gasteiger partial charge on any atom is -0.332 e. The van der Waals surface area contributed by atoms with Gasteiger partial charge in [0.2, 0.25) is 5.91 Å². The summed E-state index contributed by atoms with van der Waals surface area (Å²) < 4.78 is 0. The van der Waals surface area contributed by atoms with E-state index in [1.807, 2.05) is 23.1 Å². The van der Waals surface area contributed by atoms with E-state index >= 15 is 0 Å². The summed E-state index contributed by atoms with van der Waals surface area (Å²) in [5.41, 5.74) is 2.73. The number of benzene rings is 2. The van der Waals surface area contributed by atoms with Gasteiger partial charge in [0.1, 0.15) is 6.54 Å². The Morgan fingerprint density at radius 2 is 1.96 bits per heavy atom. The van der Waals surface area contributed by atoms with Crippen molar-refractivity contribution >= 4 is 40.8 Å². The van der Waals surface area contributed by atoms with Gasteiger partial charge in [-0.25, -0.2) is 4.79 Å². The maximum Gasteiger partial charge on any atom is 0.322 e. The third kappa shape index (κ3) is 3.13. The molecule has 3 amide bonds. The molecule has 2 aromatic rings. The summed E-state index contributed by atoms with van der Waals surface area (Å²) >= 11 is 12.3. The number of rotatable bonds is 1. The zero-order chi connectivity index (χ0) is 18.3. The van der Waals surface area contributed by atoms with Gasteiger partial charge in [0, 0.05) is 18.1 Å². The summed E-state index contributed by atoms with van der Waals surface area (Å²) in [6, 6.07) is 12.3. The number of nitrogens with zero attached hydrogens (tertiary/aromatic N) is 2. The molecule has 1 fully saturated rings. The third-order valence-electron chi connectivity index (χ3n) is 4.91. The molecule has 1 N–H and O–H groups in total. The number of para-hydroxylation sites is 1. The summed E-state index contributed by atoms with van der Waals surface area (Å²) in [5, 5.41) is 3.88. The van der Waals surface area contributed by atoms with Crippen molar-refractivity contribution < 1.29 is 9.59 Å². The van der Waals surface area contributed by atoms with Crippen LogP contribution in [0.2, 0.25) is 10.0 Å². The van der Waals surface area contributed by atoms with Crippen molar-refractivity contribution in [1.29, 1.82) is 0 Å². The second-order valence-corrected chi connectivity index (χ2v) is 7.33. The molecule has 2 heterocycles. The normalized spacial score (nSPS) is 19.0. The molecule has 7 heteroatoms. The lowest BCUT2D eigenvalue weighted by Gasteiger charge is -2.44. The number of carbonyl (C=O) groups excluding carboxylic acids is 2. The number of anilines is 1. The monoisotopic (exact) mass is 389 g/mol. The Labute approximate surface area is 161 Å². The van der Waals surface area contributed by atoms with Gasteiger partial charge in [0.25, 0.3) is 0 Å². The van der Waals surface area contributed by atoms with Crippen molar-refractivity contribution in [1.82, 2.24) is 9.80 Å². The first-order chi connectivity index (χ1) is 12.5. The van der Waals surface area contributed by atoms with Gasteiger partial charge >= 0.3 is 6.03 Å². The average Bonchev–Trinajstić information content (AvgIpc) is 2.63. The highest BCUT2D eigenvalue weighted by Gasteiger charge is 2.38. The first-order valence-corrected chi connectivity index (χ1v) is 9.17. The predicted octanol–water partition coefficient (Wildman–Crippen LogP) is 3.97. The van der Waals surface area contributed by atoms with E-state index in [1.54, 1.807) is 24.3 Å². The highest BCUT2D eigenvalue weighted by atomic mass is 35.5. The highest BCUT2D eigenvalue weighted by Crippen LogP contribution is 2.35. The van der Waals surface area contributed by atoms with Crippen LogP contribution in [0, 0.1) is 0 Å². The van der Waals surface area contributed by atoms with Crippen LogP contribution in [0.4, 0.5) is 10.5 Å². The molecule has 2 aromatic carbocycles. The second kappa shape index (κ2) is 6.82. The lowest BCUT2D eigenvalue weighted by Crippen LogP contribution is -2.56. The van der Waals surface area contributed by atoms with Gasteiger partial charge in [-0.05, 0) is 41.8 Å². The van der Waals surface area contributed by atoms with E-state index in [2.05, 4.69) is 5.32 Å². The number of amides is 3. The quantitative estimate of drug-likeness (QED) is 0.801. The van der Waals surface area contributed by atoms with E-state index in [0.29, 0.717) is 28.8 Å². The van der Waals surface area contributed by atoms with E-state index in [0.717, 1.165) is 12.0 Å². The van der Waals surface area contributed by atoms with Crippen LogP contribution in [0.15, 0.2) is 42.5 Å². The number of urea groups is 1. The molecular weight excluding hydrogens is 373 g/mol. The van der Waals surface area contributed by atoms with Crippen molar-refractivity contribution in [2.45, 2.75) is 12.5 Å². The van der Waals surface area contributed by atoms with Crippen molar-refractivity contribution in [2.75, 3.05) is 25.0 Å². The van der Waals surface area contributed by atoms with Crippen LogP contribution < -0.4 is 5.32 Å². The number of piperazine rings is 1. The third-order valence-corrected chi connectivity index (χ3v) is 5.47. The zero-order valence-electron chi connectivity index (χ0n) is 13.9. The van der Waals surface area contributed by atoms with Crippen molar-refractivity contribution in [3.63, 3.8) is 0 Å². The lowest BCUT2D eigenvalue weighted by atomic mass is 9.91. The molecule has 2 aliphatic rings. The summed E-state index contributed by atoms with van der Waals surface area (Å²) in [5.74, 6) is -0.0545. The second-order valence-electron chi connectivity index (χ2n) is 6.49. The van der Waals surface area contributed by atoms with Gasteiger partial charge in [-0.1, -0.05) is 41.4 Å². The SMILES string of the molecule is O=C(Nc1ccccc1Cl)N1CC(=O)N2CCc3ccc(Cl)cc3C2C1. The summed E-state index contributed by atoms with van der Waals surface area (Å²) in [7, 11) is 0. The number of hydrogen-bond donors (Lipinski definition) is 1. The van der Waals surface area contributed by atoms with Crippen LogP contribution in [0.5, 0.6) is 0 Å². The summed E-state index contributed by atoms with van der Waals surface area (Å²) in [6.07, 6.45) is 0.806. The molecule has 2 aliphatic heterocycles. The molecule has 0 aromatic heterocycles. The largest absolute Gasteiger partial charge is 0.332 e. The molecule has 1 unspecified atom stereocenters. The zero-order valence-corrected chi connectivity index (χ0v) is 15.4. The molecule has 5 nitrogen and oxygen atoms in total. The molecule has 0 spiro atoms. The van der Waals surface area contributed by atoms with Gasteiger partial charge in [0.15, 0.2) is 0 Å². The highest BCUT2D eigenvalue weighted by molar-refractivity contribution is 6.33. The molecule has 0 aliphatic carbocycles. The van der Waals surface area contributed by atoms with Crippen molar-refractivity contribution in [2.24, 2.45) is 0 Å². The molecule has 1 saturated heterocycles. The van der Waals surface area contributed by atoms with E-state index in [1.165, 1.54) is 10.5 Å². The summed E-state index contributed by atoms with van der Waals surface area (Å²) in [6.45, 7) is 1.15. The van der Waals surface area contributed by atoms with Gasteiger partial charge in [-0.2, -0.15) is 0 Å². The number of nitrogens with one attached hydrogen (secondary N) is 1. The lowest BCUT2D eigenvalue weighted by molar-refractivity contribution is -0.139.